The molecule has 4 aromatic rings. The van der Waals surface area contributed by atoms with Crippen molar-refractivity contribution in [3.05, 3.63) is 119 Å². The number of carbonyl (C=O) groups excluding carboxylic acids is 2. The van der Waals surface area contributed by atoms with Gasteiger partial charge in [-0.3, -0.25) is 13.9 Å². The minimum Gasteiger partial charge on any atom is -0.492 e. The molecule has 0 unspecified atom stereocenters. The largest absolute Gasteiger partial charge is 0.492 e. The first-order valence-corrected chi connectivity index (χ1v) is 20.0. The molecule has 0 heterocycles. The Labute approximate surface area is 305 Å². The van der Waals surface area contributed by atoms with Crippen LogP contribution in [0.5, 0.6) is 5.75 Å². The Hall–Kier alpha value is -3.99. The average Bonchev–Trinajstić information content (AvgIpc) is 3.13. The fraction of sp³-hybridized carbons (Fsp3) is 0.333. The highest BCUT2D eigenvalue weighted by Gasteiger charge is 2.36. The molecule has 1 aliphatic rings. The number of nitrogens with zero attached hydrogens (tertiary/aromatic N) is 2. The number of rotatable bonds is 15. The molecular formula is C39H44ClN3O5S2. The molecule has 8 nitrogen and oxygen atoms in total. The maximum absolute atomic E-state index is 14.9. The van der Waals surface area contributed by atoms with Crippen molar-refractivity contribution in [1.29, 1.82) is 0 Å². The lowest BCUT2D eigenvalue weighted by Crippen LogP contribution is -2.55. The van der Waals surface area contributed by atoms with E-state index in [9.17, 15) is 18.0 Å². The second-order valence-corrected chi connectivity index (χ2v) is 15.5. The Morgan fingerprint density at radius 3 is 2.26 bits per heavy atom. The van der Waals surface area contributed by atoms with E-state index in [2.05, 4.69) is 5.32 Å². The molecule has 0 radical (unpaired) electrons. The molecular weight excluding hydrogens is 690 g/mol. The van der Waals surface area contributed by atoms with Crippen LogP contribution in [0.1, 0.15) is 50.2 Å². The van der Waals surface area contributed by atoms with Gasteiger partial charge < -0.3 is 15.0 Å². The van der Waals surface area contributed by atoms with Crippen LogP contribution in [-0.4, -0.2) is 56.6 Å². The van der Waals surface area contributed by atoms with Crippen molar-refractivity contribution in [3.63, 3.8) is 0 Å². The summed E-state index contributed by atoms with van der Waals surface area (Å²) < 4.78 is 36.0. The van der Waals surface area contributed by atoms with E-state index >= 15 is 0 Å². The summed E-state index contributed by atoms with van der Waals surface area (Å²) in [4.78, 5) is 31.6. The van der Waals surface area contributed by atoms with Gasteiger partial charge in [-0.25, -0.2) is 8.42 Å². The number of sulfonamides is 1. The summed E-state index contributed by atoms with van der Waals surface area (Å²) in [5, 5.41) is 3.73. The van der Waals surface area contributed by atoms with Crippen LogP contribution in [0, 0.1) is 0 Å². The number of nitrogens with one attached hydrogen (secondary N) is 1. The van der Waals surface area contributed by atoms with Crippen LogP contribution in [0.2, 0.25) is 5.02 Å². The van der Waals surface area contributed by atoms with E-state index < -0.39 is 28.5 Å². The first-order valence-electron chi connectivity index (χ1n) is 17.0. The Morgan fingerprint density at radius 2 is 1.58 bits per heavy atom. The van der Waals surface area contributed by atoms with Gasteiger partial charge in [-0.15, -0.1) is 11.8 Å². The SMILES string of the molecule is CCOc1ccccc1N(CC(=O)N(Cc1cccc(Cl)c1)[C@@H](Cc1ccccc1)C(=O)NC1CCCCC1)S(=O)(=O)c1ccc(SC)cc1. The minimum atomic E-state index is -4.28. The van der Waals surface area contributed by atoms with Crippen LogP contribution >= 0.6 is 23.4 Å². The number of anilines is 1. The molecule has 264 valence electrons. The number of hydrogen-bond acceptors (Lipinski definition) is 6. The molecule has 4 aromatic carbocycles. The van der Waals surface area contributed by atoms with Crippen LogP contribution < -0.4 is 14.4 Å². The summed E-state index contributed by atoms with van der Waals surface area (Å²) in [5.41, 5.74) is 1.82. The maximum atomic E-state index is 14.9. The van der Waals surface area contributed by atoms with E-state index in [1.54, 1.807) is 66.7 Å². The zero-order valence-electron chi connectivity index (χ0n) is 28.5. The van der Waals surface area contributed by atoms with Crippen LogP contribution in [0.4, 0.5) is 5.69 Å². The van der Waals surface area contributed by atoms with Gasteiger partial charge in [-0.2, -0.15) is 0 Å². The Bertz CT molecular complexity index is 1830. The van der Waals surface area contributed by atoms with Crippen LogP contribution in [0.15, 0.2) is 113 Å². The lowest BCUT2D eigenvalue weighted by Gasteiger charge is -2.35. The Balaban J connectivity index is 1.59. The molecule has 5 rings (SSSR count). The van der Waals surface area contributed by atoms with E-state index in [0.717, 1.165) is 46.9 Å². The summed E-state index contributed by atoms with van der Waals surface area (Å²) in [6.07, 6.45) is 7.10. The van der Waals surface area contributed by atoms with Gasteiger partial charge in [0.1, 0.15) is 18.3 Å². The van der Waals surface area contributed by atoms with Gasteiger partial charge in [0.15, 0.2) is 0 Å². The molecule has 1 N–H and O–H groups in total. The van der Waals surface area contributed by atoms with Gasteiger partial charge in [-0.1, -0.05) is 85.5 Å². The molecule has 50 heavy (non-hydrogen) atoms. The summed E-state index contributed by atoms with van der Waals surface area (Å²) in [6, 6.07) is 29.1. The number of benzene rings is 4. The van der Waals surface area contributed by atoms with Crippen LogP contribution in [0.25, 0.3) is 0 Å². The van der Waals surface area contributed by atoms with Crippen LogP contribution in [-0.2, 0) is 32.6 Å². The third kappa shape index (κ3) is 9.62. The standard InChI is InChI=1S/C39H44ClN3O5S2/c1-3-48-37-20-11-10-19-35(37)43(50(46,47)34-23-21-33(49-2)22-24-34)28-38(44)42(27-30-15-12-16-31(40)25-30)36(26-29-13-6-4-7-14-29)39(45)41-32-17-8-5-9-18-32/h4,6-7,10-16,19-25,32,36H,3,5,8-9,17-18,26-28H2,1-2H3,(H,41,45)/t36-/m0/s1. The first-order chi connectivity index (χ1) is 24.2. The summed E-state index contributed by atoms with van der Waals surface area (Å²) in [5.74, 6) is -0.488. The second-order valence-electron chi connectivity index (χ2n) is 12.3. The van der Waals surface area contributed by atoms with E-state index in [1.165, 1.54) is 16.7 Å². The van der Waals surface area contributed by atoms with E-state index in [-0.39, 0.29) is 35.5 Å². The predicted octanol–water partition coefficient (Wildman–Crippen LogP) is 7.74. The number of para-hydroxylation sites is 2. The molecule has 0 aliphatic heterocycles. The number of hydrogen-bond donors (Lipinski definition) is 1. The number of amides is 2. The van der Waals surface area contributed by atoms with E-state index in [1.807, 2.05) is 49.6 Å². The minimum absolute atomic E-state index is 0.0110. The third-order valence-electron chi connectivity index (χ3n) is 8.82. The van der Waals surface area contributed by atoms with E-state index in [4.69, 9.17) is 16.3 Å². The maximum Gasteiger partial charge on any atom is 0.264 e. The van der Waals surface area contributed by atoms with Gasteiger partial charge in [0.25, 0.3) is 10.0 Å². The van der Waals surface area contributed by atoms with Crippen molar-refractivity contribution in [2.24, 2.45) is 0 Å². The quantitative estimate of drug-likeness (QED) is 0.126. The third-order valence-corrected chi connectivity index (χ3v) is 11.6. The molecule has 1 atom stereocenters. The fourth-order valence-electron chi connectivity index (χ4n) is 6.26. The highest BCUT2D eigenvalue weighted by Crippen LogP contribution is 2.33. The highest BCUT2D eigenvalue weighted by atomic mass is 35.5. The average molecular weight is 734 g/mol. The van der Waals surface area contributed by atoms with Crippen LogP contribution in [0.3, 0.4) is 0 Å². The zero-order valence-corrected chi connectivity index (χ0v) is 30.9. The monoisotopic (exact) mass is 733 g/mol. The number of ether oxygens (including phenoxy) is 1. The molecule has 1 saturated carbocycles. The highest BCUT2D eigenvalue weighted by molar-refractivity contribution is 7.98. The molecule has 2 amide bonds. The predicted molar refractivity (Wildman–Crippen MR) is 201 cm³/mol. The summed E-state index contributed by atoms with van der Waals surface area (Å²) >= 11 is 7.88. The van der Waals surface area contributed by atoms with Gasteiger partial charge in [-0.05, 0) is 85.7 Å². The van der Waals surface area contributed by atoms with Crippen molar-refractivity contribution in [2.75, 3.05) is 23.7 Å². The molecule has 1 aliphatic carbocycles. The second kappa shape index (κ2) is 17.8. The normalized spacial score (nSPS) is 14.1. The van der Waals surface area contributed by atoms with Crippen molar-refractivity contribution in [3.8, 4) is 5.75 Å². The van der Waals surface area contributed by atoms with Gasteiger partial charge in [0, 0.05) is 28.9 Å². The van der Waals surface area contributed by atoms with Gasteiger partial charge in [0.2, 0.25) is 11.8 Å². The van der Waals surface area contributed by atoms with E-state index in [0.29, 0.717) is 22.9 Å². The van der Waals surface area contributed by atoms with Crippen molar-refractivity contribution in [1.82, 2.24) is 10.2 Å². The Kier molecular flexibility index (Phi) is 13.3. The van der Waals surface area contributed by atoms with Crippen molar-refractivity contribution >= 4 is 50.9 Å². The van der Waals surface area contributed by atoms with Gasteiger partial charge >= 0.3 is 0 Å². The number of halogens is 1. The molecule has 0 saturated heterocycles. The lowest BCUT2D eigenvalue weighted by molar-refractivity contribution is -0.140. The molecule has 11 heteroatoms. The fourth-order valence-corrected chi connectivity index (χ4v) is 8.31. The van der Waals surface area contributed by atoms with Crippen molar-refractivity contribution in [2.45, 2.75) is 73.9 Å². The van der Waals surface area contributed by atoms with Gasteiger partial charge in [0.05, 0.1) is 17.2 Å². The number of thioether (sulfide) groups is 1. The zero-order chi connectivity index (χ0) is 35.5. The van der Waals surface area contributed by atoms with Crippen molar-refractivity contribution < 1.29 is 22.7 Å². The summed E-state index contributed by atoms with van der Waals surface area (Å²) in [6.45, 7) is 1.58. The first kappa shape index (κ1) is 37.3. The number of carbonyl (C=O) groups is 2. The topological polar surface area (TPSA) is 96.0 Å². The molecule has 0 aromatic heterocycles. The molecule has 0 bridgehead atoms. The smallest absolute Gasteiger partial charge is 0.264 e. The Morgan fingerprint density at radius 1 is 0.900 bits per heavy atom. The molecule has 1 fully saturated rings. The lowest BCUT2D eigenvalue weighted by atomic mass is 9.94. The summed E-state index contributed by atoms with van der Waals surface area (Å²) in [7, 11) is -4.28. The molecule has 0 spiro atoms.